The zero-order valence-corrected chi connectivity index (χ0v) is 17.1. The van der Waals surface area contributed by atoms with Crippen LogP contribution in [0.3, 0.4) is 0 Å². The molecule has 3 aromatic rings. The van der Waals surface area contributed by atoms with Crippen LogP contribution in [0, 0.1) is 0 Å². The molecule has 1 amide bonds. The molecule has 5 nitrogen and oxygen atoms in total. The van der Waals surface area contributed by atoms with Gasteiger partial charge in [0.05, 0.1) is 5.52 Å². The van der Waals surface area contributed by atoms with E-state index in [0.29, 0.717) is 6.04 Å². The van der Waals surface area contributed by atoms with E-state index in [4.69, 9.17) is 5.10 Å². The molecule has 0 bridgehead atoms. The Hall–Kier alpha value is -3.08. The van der Waals surface area contributed by atoms with Gasteiger partial charge in [0, 0.05) is 48.7 Å². The van der Waals surface area contributed by atoms with Gasteiger partial charge in [0.1, 0.15) is 5.69 Å². The van der Waals surface area contributed by atoms with Crippen LogP contribution in [0.2, 0.25) is 0 Å². The van der Waals surface area contributed by atoms with Crippen LogP contribution in [-0.4, -0.2) is 40.1 Å². The zero-order valence-electron chi connectivity index (χ0n) is 17.1. The third-order valence-corrected chi connectivity index (χ3v) is 5.78. The maximum absolute atomic E-state index is 12.9. The van der Waals surface area contributed by atoms with Gasteiger partial charge in [-0.2, -0.15) is 5.10 Å². The second-order valence-corrected chi connectivity index (χ2v) is 7.55. The normalized spacial score (nSPS) is 17.2. The van der Waals surface area contributed by atoms with Gasteiger partial charge in [-0.25, -0.2) is 4.52 Å². The maximum atomic E-state index is 12.9. The van der Waals surface area contributed by atoms with Crippen molar-refractivity contribution in [3.05, 3.63) is 60.3 Å². The monoisotopic (exact) mass is 388 g/mol. The standard InChI is InChI=1S/C24H28N4O/c1-3-20-11-4-6-15-27(20)23(29)14-13-21-22-12-5-7-16-28(22)26-24(21)18-9-8-10-19(17-18)25-2/h5,7-10,12-14,16-17,20,25H,3-4,6,11,15H2,1-2H3. The average molecular weight is 389 g/mol. The Labute approximate surface area is 172 Å². The largest absolute Gasteiger partial charge is 0.388 e. The Morgan fingerprint density at radius 2 is 2.14 bits per heavy atom. The molecule has 150 valence electrons. The molecule has 29 heavy (non-hydrogen) atoms. The third-order valence-electron chi connectivity index (χ3n) is 5.78. The van der Waals surface area contributed by atoms with Crippen molar-refractivity contribution in [2.75, 3.05) is 18.9 Å². The number of fused-ring (bicyclic) bond motifs is 1. The van der Waals surface area contributed by atoms with E-state index >= 15 is 0 Å². The second-order valence-electron chi connectivity index (χ2n) is 7.55. The Kier molecular flexibility index (Phi) is 5.65. The zero-order chi connectivity index (χ0) is 20.2. The minimum Gasteiger partial charge on any atom is -0.388 e. The van der Waals surface area contributed by atoms with Crippen molar-refractivity contribution < 1.29 is 4.79 Å². The van der Waals surface area contributed by atoms with Gasteiger partial charge in [-0.15, -0.1) is 0 Å². The van der Waals surface area contributed by atoms with E-state index < -0.39 is 0 Å². The van der Waals surface area contributed by atoms with Crippen LogP contribution in [0.25, 0.3) is 22.9 Å². The van der Waals surface area contributed by atoms with Crippen LogP contribution in [0.4, 0.5) is 5.69 Å². The van der Waals surface area contributed by atoms with Gasteiger partial charge in [0.2, 0.25) is 5.91 Å². The third kappa shape index (κ3) is 3.90. The summed E-state index contributed by atoms with van der Waals surface area (Å²) in [6.45, 7) is 3.02. The highest BCUT2D eigenvalue weighted by atomic mass is 16.2. The number of anilines is 1. The molecular formula is C24H28N4O. The first-order valence-corrected chi connectivity index (χ1v) is 10.5. The number of pyridine rings is 1. The van der Waals surface area contributed by atoms with Crippen molar-refractivity contribution in [3.63, 3.8) is 0 Å². The number of likely N-dealkylation sites (tertiary alicyclic amines) is 1. The van der Waals surface area contributed by atoms with Crippen molar-refractivity contribution >= 4 is 23.2 Å². The Balaban J connectivity index is 1.72. The number of hydrogen-bond donors (Lipinski definition) is 1. The number of hydrogen-bond acceptors (Lipinski definition) is 3. The fourth-order valence-electron chi connectivity index (χ4n) is 4.18. The predicted molar refractivity (Wildman–Crippen MR) is 119 cm³/mol. The van der Waals surface area contributed by atoms with Gasteiger partial charge >= 0.3 is 0 Å². The van der Waals surface area contributed by atoms with E-state index in [1.807, 2.05) is 59.1 Å². The summed E-state index contributed by atoms with van der Waals surface area (Å²) in [4.78, 5) is 15.0. The molecule has 1 N–H and O–H groups in total. The topological polar surface area (TPSA) is 49.6 Å². The van der Waals surface area contributed by atoms with Crippen LogP contribution in [-0.2, 0) is 4.79 Å². The number of carbonyl (C=O) groups is 1. The number of amides is 1. The second kappa shape index (κ2) is 8.52. The van der Waals surface area contributed by atoms with Crippen LogP contribution in [0.15, 0.2) is 54.7 Å². The molecule has 5 heteroatoms. The van der Waals surface area contributed by atoms with Gasteiger partial charge < -0.3 is 10.2 Å². The molecule has 0 aliphatic carbocycles. The SMILES string of the molecule is CCC1CCCCN1C(=O)C=Cc1c(-c2cccc(NC)c2)nn2ccccc12. The molecule has 4 rings (SSSR count). The summed E-state index contributed by atoms with van der Waals surface area (Å²) >= 11 is 0. The van der Waals surface area contributed by atoms with E-state index in [0.717, 1.165) is 53.8 Å². The minimum absolute atomic E-state index is 0.0988. The summed E-state index contributed by atoms with van der Waals surface area (Å²) in [6.07, 6.45) is 10.0. The molecule has 3 heterocycles. The molecule has 1 aromatic carbocycles. The summed E-state index contributed by atoms with van der Waals surface area (Å²) in [6, 6.07) is 14.5. The first kappa shape index (κ1) is 19.2. The van der Waals surface area contributed by atoms with E-state index in [1.165, 1.54) is 6.42 Å². The average Bonchev–Trinajstić information content (AvgIpc) is 3.16. The van der Waals surface area contributed by atoms with Gasteiger partial charge in [0.15, 0.2) is 0 Å². The lowest BCUT2D eigenvalue weighted by atomic mass is 9.99. The molecule has 1 fully saturated rings. The summed E-state index contributed by atoms with van der Waals surface area (Å²) < 4.78 is 1.88. The summed E-state index contributed by atoms with van der Waals surface area (Å²) in [5.74, 6) is 0.0988. The lowest BCUT2D eigenvalue weighted by Gasteiger charge is -2.34. The van der Waals surface area contributed by atoms with Crippen molar-refractivity contribution in [1.29, 1.82) is 0 Å². The highest BCUT2D eigenvalue weighted by Crippen LogP contribution is 2.29. The Bertz CT molecular complexity index is 1040. The smallest absolute Gasteiger partial charge is 0.246 e. The predicted octanol–water partition coefficient (Wildman–Crippen LogP) is 4.85. The van der Waals surface area contributed by atoms with Gasteiger partial charge in [-0.05, 0) is 56.0 Å². The molecule has 1 saturated heterocycles. The van der Waals surface area contributed by atoms with Crippen molar-refractivity contribution in [2.24, 2.45) is 0 Å². The number of piperidine rings is 1. The maximum Gasteiger partial charge on any atom is 0.246 e. The molecular weight excluding hydrogens is 360 g/mol. The molecule has 1 atom stereocenters. The van der Waals surface area contributed by atoms with Crippen molar-refractivity contribution in [2.45, 2.75) is 38.6 Å². The lowest BCUT2D eigenvalue weighted by Crippen LogP contribution is -2.42. The van der Waals surface area contributed by atoms with Crippen LogP contribution >= 0.6 is 0 Å². The number of rotatable bonds is 5. The summed E-state index contributed by atoms with van der Waals surface area (Å²) in [7, 11) is 1.91. The van der Waals surface area contributed by atoms with E-state index in [-0.39, 0.29) is 5.91 Å². The van der Waals surface area contributed by atoms with E-state index in [1.54, 1.807) is 6.08 Å². The molecule has 1 unspecified atom stereocenters. The first-order chi connectivity index (χ1) is 14.2. The molecule has 1 aliphatic rings. The minimum atomic E-state index is 0.0988. The Morgan fingerprint density at radius 1 is 1.24 bits per heavy atom. The van der Waals surface area contributed by atoms with E-state index in [2.05, 4.69) is 24.4 Å². The molecule has 2 aromatic heterocycles. The fourth-order valence-corrected chi connectivity index (χ4v) is 4.18. The number of benzene rings is 1. The van der Waals surface area contributed by atoms with Gasteiger partial charge in [0.25, 0.3) is 0 Å². The molecule has 0 saturated carbocycles. The van der Waals surface area contributed by atoms with Gasteiger partial charge in [-0.1, -0.05) is 25.1 Å². The quantitative estimate of drug-likeness (QED) is 0.636. The Morgan fingerprint density at radius 3 is 2.97 bits per heavy atom. The number of aromatic nitrogens is 2. The molecule has 0 spiro atoms. The highest BCUT2D eigenvalue weighted by Gasteiger charge is 2.24. The van der Waals surface area contributed by atoms with Gasteiger partial charge in [-0.3, -0.25) is 4.79 Å². The number of nitrogens with one attached hydrogen (secondary N) is 1. The fraction of sp³-hybridized carbons (Fsp3) is 0.333. The van der Waals surface area contributed by atoms with Crippen LogP contribution in [0.1, 0.15) is 38.2 Å². The molecule has 0 radical (unpaired) electrons. The summed E-state index contributed by atoms with van der Waals surface area (Å²) in [5.41, 5.74) is 4.90. The van der Waals surface area contributed by atoms with Crippen molar-refractivity contribution in [1.82, 2.24) is 14.5 Å². The van der Waals surface area contributed by atoms with Crippen molar-refractivity contribution in [3.8, 4) is 11.3 Å². The summed E-state index contributed by atoms with van der Waals surface area (Å²) in [5, 5.41) is 7.97. The number of carbonyl (C=O) groups excluding carboxylic acids is 1. The number of nitrogens with zero attached hydrogens (tertiary/aromatic N) is 3. The first-order valence-electron chi connectivity index (χ1n) is 10.5. The molecule has 1 aliphatic heterocycles. The van der Waals surface area contributed by atoms with Crippen LogP contribution in [0.5, 0.6) is 0 Å². The van der Waals surface area contributed by atoms with Crippen LogP contribution < -0.4 is 5.32 Å². The highest BCUT2D eigenvalue weighted by molar-refractivity contribution is 5.95. The van der Waals surface area contributed by atoms with E-state index in [9.17, 15) is 4.79 Å². The lowest BCUT2D eigenvalue weighted by molar-refractivity contribution is -0.129.